The quantitative estimate of drug-likeness (QED) is 0.341. The van der Waals surface area contributed by atoms with Gasteiger partial charge in [0.25, 0.3) is 11.2 Å². The van der Waals surface area contributed by atoms with Gasteiger partial charge in [-0.1, -0.05) is 12.1 Å². The van der Waals surface area contributed by atoms with Gasteiger partial charge in [0.15, 0.2) is 6.61 Å². The molecule has 32 heavy (non-hydrogen) atoms. The van der Waals surface area contributed by atoms with E-state index in [0.29, 0.717) is 5.56 Å². The molecule has 0 atom stereocenters. The second kappa shape index (κ2) is 9.09. The number of hydrogen-bond acceptors (Lipinski definition) is 7. The lowest BCUT2D eigenvalue weighted by Crippen LogP contribution is -2.28. The van der Waals surface area contributed by atoms with Crippen molar-refractivity contribution in [2.75, 3.05) is 6.61 Å². The number of nitro groups is 1. The number of ketones is 1. The van der Waals surface area contributed by atoms with Crippen LogP contribution in [0.2, 0.25) is 0 Å². The lowest BCUT2D eigenvalue weighted by molar-refractivity contribution is -0.384. The number of carbonyl (C=O) groups is 1. The van der Waals surface area contributed by atoms with E-state index < -0.39 is 34.6 Å². The Balaban J connectivity index is 1.93. The summed E-state index contributed by atoms with van der Waals surface area (Å²) in [5, 5.41) is 30.8. The normalized spacial score (nSPS) is 10.4. The molecule has 0 saturated carbocycles. The van der Waals surface area contributed by atoms with Crippen LogP contribution in [0.5, 0.6) is 11.6 Å². The molecule has 1 aromatic heterocycles. The fourth-order valence-corrected chi connectivity index (χ4v) is 3.09. The molecule has 0 radical (unpaired) electrons. The maximum Gasteiger partial charge on any atom is 0.271 e. The van der Waals surface area contributed by atoms with E-state index in [1.54, 1.807) is 6.07 Å². The van der Waals surface area contributed by atoms with Crippen LogP contribution in [0.15, 0.2) is 53.3 Å². The van der Waals surface area contributed by atoms with E-state index in [2.05, 4.69) is 0 Å². The minimum Gasteiger partial charge on any atom is -0.494 e. The van der Waals surface area contributed by atoms with Gasteiger partial charge in [-0.15, -0.1) is 0 Å². The highest BCUT2D eigenvalue weighted by Gasteiger charge is 2.24. The van der Waals surface area contributed by atoms with Crippen LogP contribution in [-0.4, -0.2) is 27.0 Å². The molecule has 0 aliphatic carbocycles. The fraction of sp³-hybridized carbons (Fsp3) is 0.136. The van der Waals surface area contributed by atoms with Gasteiger partial charge < -0.3 is 9.84 Å². The monoisotopic (exact) mass is 437 g/mol. The molecule has 10 heteroatoms. The van der Waals surface area contributed by atoms with E-state index in [1.165, 1.54) is 55.5 Å². The van der Waals surface area contributed by atoms with Crippen molar-refractivity contribution >= 4 is 11.5 Å². The van der Waals surface area contributed by atoms with Gasteiger partial charge in [-0.25, -0.2) is 4.39 Å². The molecule has 162 valence electrons. The SMILES string of the molecule is Cc1c(C(=O)COc2ccc([N+](=O)[O-])cc2)c(O)n(Cc2ccc(F)cc2)c(=O)c1C#N. The average Bonchev–Trinajstić information content (AvgIpc) is 2.77. The number of rotatable bonds is 7. The number of aromatic nitrogens is 1. The largest absolute Gasteiger partial charge is 0.494 e. The smallest absolute Gasteiger partial charge is 0.271 e. The second-order valence-electron chi connectivity index (χ2n) is 6.79. The first-order valence-electron chi connectivity index (χ1n) is 9.24. The number of ether oxygens (including phenoxy) is 1. The molecule has 3 aromatic rings. The van der Waals surface area contributed by atoms with Crippen LogP contribution in [0, 0.1) is 34.2 Å². The Morgan fingerprint density at radius 2 is 1.84 bits per heavy atom. The zero-order chi connectivity index (χ0) is 23.4. The molecule has 0 spiro atoms. The Morgan fingerprint density at radius 3 is 2.41 bits per heavy atom. The Hall–Kier alpha value is -4.52. The Morgan fingerprint density at radius 1 is 1.22 bits per heavy atom. The molecule has 0 aliphatic rings. The van der Waals surface area contributed by atoms with Gasteiger partial charge in [-0.3, -0.25) is 24.3 Å². The highest BCUT2D eigenvalue weighted by atomic mass is 19.1. The van der Waals surface area contributed by atoms with Crippen LogP contribution >= 0.6 is 0 Å². The van der Waals surface area contributed by atoms with Gasteiger partial charge >= 0.3 is 0 Å². The molecule has 9 nitrogen and oxygen atoms in total. The third-order valence-corrected chi connectivity index (χ3v) is 4.75. The first-order chi connectivity index (χ1) is 15.2. The van der Waals surface area contributed by atoms with Gasteiger partial charge in [0, 0.05) is 12.1 Å². The third kappa shape index (κ3) is 4.46. The van der Waals surface area contributed by atoms with Crippen molar-refractivity contribution in [1.29, 1.82) is 5.26 Å². The first-order valence-corrected chi connectivity index (χ1v) is 9.24. The summed E-state index contributed by atoms with van der Waals surface area (Å²) in [6.45, 7) is 0.621. The van der Waals surface area contributed by atoms with Crippen LogP contribution < -0.4 is 10.3 Å². The Bertz CT molecular complexity index is 1290. The van der Waals surface area contributed by atoms with Gasteiger partial charge in [-0.05, 0) is 42.3 Å². The summed E-state index contributed by atoms with van der Waals surface area (Å²) in [7, 11) is 0. The van der Waals surface area contributed by atoms with Crippen LogP contribution in [-0.2, 0) is 6.54 Å². The average molecular weight is 437 g/mol. The predicted octanol–water partition coefficient (Wildman–Crippen LogP) is 3.09. The van der Waals surface area contributed by atoms with Crippen molar-refractivity contribution < 1.29 is 24.0 Å². The van der Waals surface area contributed by atoms with Crippen molar-refractivity contribution in [3.63, 3.8) is 0 Å². The second-order valence-corrected chi connectivity index (χ2v) is 6.79. The zero-order valence-corrected chi connectivity index (χ0v) is 16.7. The van der Waals surface area contributed by atoms with Gasteiger partial charge in [0.05, 0.1) is 17.0 Å². The highest BCUT2D eigenvalue weighted by Crippen LogP contribution is 2.24. The van der Waals surface area contributed by atoms with Crippen molar-refractivity contribution in [1.82, 2.24) is 4.57 Å². The molecule has 1 N–H and O–H groups in total. The minimum atomic E-state index is -0.792. The van der Waals surface area contributed by atoms with Crippen LogP contribution in [0.25, 0.3) is 0 Å². The number of non-ortho nitro benzene ring substituents is 1. The van der Waals surface area contributed by atoms with E-state index in [1.807, 2.05) is 0 Å². The standard InChI is InChI=1S/C22H16FN3O6/c1-13-18(10-24)21(28)25(11-14-2-4-15(23)5-3-14)22(29)20(13)19(27)12-32-17-8-6-16(7-9-17)26(30)31/h2-9,29H,11-12H2,1H3. The van der Waals surface area contributed by atoms with Gasteiger partial charge in [0.2, 0.25) is 11.7 Å². The van der Waals surface area contributed by atoms with E-state index in [-0.39, 0.29) is 34.7 Å². The Kier molecular flexibility index (Phi) is 6.30. The molecular formula is C22H16FN3O6. The summed E-state index contributed by atoms with van der Waals surface area (Å²) in [5.41, 5.74) is -1.04. The van der Waals surface area contributed by atoms with E-state index in [0.717, 1.165) is 4.57 Å². The maximum absolute atomic E-state index is 13.2. The lowest BCUT2D eigenvalue weighted by Gasteiger charge is -2.16. The van der Waals surface area contributed by atoms with Crippen molar-refractivity contribution in [2.45, 2.75) is 13.5 Å². The number of pyridine rings is 1. The van der Waals surface area contributed by atoms with Gasteiger partial charge in [0.1, 0.15) is 23.2 Å². The number of nitro benzene ring substituents is 1. The fourth-order valence-electron chi connectivity index (χ4n) is 3.09. The molecule has 0 unspecified atom stereocenters. The maximum atomic E-state index is 13.2. The molecule has 0 fully saturated rings. The number of carbonyl (C=O) groups excluding carboxylic acids is 1. The predicted molar refractivity (Wildman–Crippen MR) is 110 cm³/mol. The van der Waals surface area contributed by atoms with E-state index >= 15 is 0 Å². The summed E-state index contributed by atoms with van der Waals surface area (Å²) < 4.78 is 19.4. The van der Waals surface area contributed by atoms with Crippen LogP contribution in [0.4, 0.5) is 10.1 Å². The molecule has 3 rings (SSSR count). The summed E-state index contributed by atoms with van der Waals surface area (Å²) in [5.74, 6) is -1.65. The molecule has 0 amide bonds. The van der Waals surface area contributed by atoms with Crippen LogP contribution in [0.1, 0.15) is 27.0 Å². The summed E-state index contributed by atoms with van der Waals surface area (Å²) in [6, 6.07) is 12.0. The first kappa shape index (κ1) is 22.2. The van der Waals surface area contributed by atoms with Crippen molar-refractivity contribution in [2.24, 2.45) is 0 Å². The third-order valence-electron chi connectivity index (χ3n) is 4.75. The minimum absolute atomic E-state index is 0.00246. The molecule has 2 aromatic carbocycles. The number of Topliss-reactive ketones (excluding diaryl/α,β-unsaturated/α-hetero) is 1. The number of nitriles is 1. The number of aromatic hydroxyl groups is 1. The molecule has 0 saturated heterocycles. The summed E-state index contributed by atoms with van der Waals surface area (Å²) in [4.78, 5) is 35.6. The van der Waals surface area contributed by atoms with E-state index in [4.69, 9.17) is 4.74 Å². The highest BCUT2D eigenvalue weighted by molar-refractivity contribution is 6.01. The number of halogens is 1. The lowest BCUT2D eigenvalue weighted by atomic mass is 10.0. The van der Waals surface area contributed by atoms with Gasteiger partial charge in [-0.2, -0.15) is 5.26 Å². The Labute approximate surface area is 180 Å². The molecule has 0 aliphatic heterocycles. The molecule has 0 bridgehead atoms. The molecule has 1 heterocycles. The van der Waals surface area contributed by atoms with Crippen LogP contribution in [0.3, 0.4) is 0 Å². The van der Waals surface area contributed by atoms with E-state index in [9.17, 15) is 34.5 Å². The number of nitrogens with zero attached hydrogens (tertiary/aromatic N) is 3. The summed E-state index contributed by atoms with van der Waals surface area (Å²) in [6.07, 6.45) is 0. The topological polar surface area (TPSA) is 135 Å². The number of hydrogen-bond donors (Lipinski definition) is 1. The number of benzene rings is 2. The van der Waals surface area contributed by atoms with Crippen molar-refractivity contribution in [3.05, 3.63) is 97.1 Å². The zero-order valence-electron chi connectivity index (χ0n) is 16.7. The summed E-state index contributed by atoms with van der Waals surface area (Å²) >= 11 is 0. The molecular weight excluding hydrogens is 421 g/mol. The van der Waals surface area contributed by atoms with Crippen molar-refractivity contribution in [3.8, 4) is 17.7 Å².